The second-order valence-electron chi connectivity index (χ2n) is 6.05. The average molecular weight is 299 g/mol. The molecule has 1 saturated carbocycles. The predicted octanol–water partition coefficient (Wildman–Crippen LogP) is 2.78. The highest BCUT2D eigenvalue weighted by Crippen LogP contribution is 2.32. The number of aryl methyl sites for hydroxylation is 1. The molecule has 0 saturated heterocycles. The minimum absolute atomic E-state index is 0.226. The van der Waals surface area contributed by atoms with E-state index in [4.69, 9.17) is 0 Å². The number of anilines is 1. The van der Waals surface area contributed by atoms with E-state index in [2.05, 4.69) is 10.3 Å². The van der Waals surface area contributed by atoms with Crippen LogP contribution in [0.4, 0.5) is 10.5 Å². The molecule has 1 fully saturated rings. The molecule has 1 aromatic heterocycles. The summed E-state index contributed by atoms with van der Waals surface area (Å²) in [4.78, 5) is 18.3. The van der Waals surface area contributed by atoms with Crippen LogP contribution in [0.3, 0.4) is 0 Å². The second kappa shape index (κ2) is 5.93. The molecule has 0 bridgehead atoms. The summed E-state index contributed by atoms with van der Waals surface area (Å²) in [5.41, 5.74) is 2.39. The molecular weight excluding hydrogens is 278 g/mol. The molecule has 1 atom stereocenters. The summed E-state index contributed by atoms with van der Waals surface area (Å²) in [7, 11) is 1.70. The molecule has 1 aromatic carbocycles. The van der Waals surface area contributed by atoms with E-state index in [1.165, 1.54) is 4.90 Å². The van der Waals surface area contributed by atoms with E-state index in [1.807, 2.05) is 37.3 Å². The quantitative estimate of drug-likeness (QED) is 0.912. The maximum absolute atomic E-state index is 12.3. The fourth-order valence-electron chi connectivity index (χ4n) is 2.55. The van der Waals surface area contributed by atoms with Crippen LogP contribution in [0.2, 0.25) is 0 Å². The zero-order valence-corrected chi connectivity index (χ0v) is 12.9. The van der Waals surface area contributed by atoms with Gasteiger partial charge in [0.1, 0.15) is 0 Å². The van der Waals surface area contributed by atoms with E-state index in [9.17, 15) is 9.90 Å². The zero-order chi connectivity index (χ0) is 15.7. The van der Waals surface area contributed by atoms with Gasteiger partial charge >= 0.3 is 6.03 Å². The van der Waals surface area contributed by atoms with E-state index in [-0.39, 0.29) is 6.03 Å². The Hall–Kier alpha value is -2.14. The van der Waals surface area contributed by atoms with Crippen LogP contribution in [-0.4, -0.2) is 40.7 Å². The standard InChI is InChI=1S/C17H21N3O2/c1-11-6-7-13-4-3-5-14(16(13)18-11)19-17(22)20(2)10-15(21)12-8-9-12/h3-7,12,15,21H,8-10H2,1-2H3,(H,19,22). The van der Waals surface area contributed by atoms with E-state index >= 15 is 0 Å². The molecule has 1 aliphatic carbocycles. The van der Waals surface area contributed by atoms with E-state index < -0.39 is 6.10 Å². The Morgan fingerprint density at radius 1 is 1.41 bits per heavy atom. The van der Waals surface area contributed by atoms with Gasteiger partial charge in [-0.05, 0) is 37.8 Å². The fourth-order valence-corrected chi connectivity index (χ4v) is 2.55. The third-order valence-electron chi connectivity index (χ3n) is 4.07. The van der Waals surface area contributed by atoms with Gasteiger partial charge in [-0.2, -0.15) is 0 Å². The number of para-hydroxylation sites is 1. The molecule has 116 valence electrons. The number of aliphatic hydroxyl groups excluding tert-OH is 1. The first-order valence-electron chi connectivity index (χ1n) is 7.61. The lowest BCUT2D eigenvalue weighted by molar-refractivity contribution is 0.117. The second-order valence-corrected chi connectivity index (χ2v) is 6.05. The summed E-state index contributed by atoms with van der Waals surface area (Å²) in [6.07, 6.45) is 1.69. The van der Waals surface area contributed by atoms with E-state index in [1.54, 1.807) is 7.05 Å². The summed E-state index contributed by atoms with van der Waals surface area (Å²) in [5, 5.41) is 13.8. The van der Waals surface area contributed by atoms with Gasteiger partial charge in [-0.3, -0.25) is 4.98 Å². The Morgan fingerprint density at radius 3 is 2.91 bits per heavy atom. The van der Waals surface area contributed by atoms with Crippen LogP contribution in [0.5, 0.6) is 0 Å². The third-order valence-corrected chi connectivity index (χ3v) is 4.07. The minimum Gasteiger partial charge on any atom is -0.391 e. The number of pyridine rings is 1. The number of hydrogen-bond acceptors (Lipinski definition) is 3. The first-order chi connectivity index (χ1) is 10.5. The molecule has 2 amide bonds. The van der Waals surface area contributed by atoms with Gasteiger partial charge in [0.15, 0.2) is 0 Å². The summed E-state index contributed by atoms with van der Waals surface area (Å²) in [6, 6.07) is 9.43. The predicted molar refractivity (Wildman–Crippen MR) is 86.9 cm³/mol. The molecular formula is C17H21N3O2. The lowest BCUT2D eigenvalue weighted by atomic mass is 10.2. The van der Waals surface area contributed by atoms with Gasteiger partial charge in [0.25, 0.3) is 0 Å². The van der Waals surface area contributed by atoms with Crippen LogP contribution in [0, 0.1) is 12.8 Å². The number of nitrogens with one attached hydrogen (secondary N) is 1. The molecule has 22 heavy (non-hydrogen) atoms. The van der Waals surface area contributed by atoms with Crippen LogP contribution in [0.1, 0.15) is 18.5 Å². The Morgan fingerprint density at radius 2 is 2.18 bits per heavy atom. The number of benzene rings is 1. The van der Waals surface area contributed by atoms with Crippen LogP contribution < -0.4 is 5.32 Å². The lowest BCUT2D eigenvalue weighted by Gasteiger charge is -2.21. The molecule has 2 N–H and O–H groups in total. The molecule has 0 radical (unpaired) electrons. The molecule has 1 aliphatic rings. The van der Waals surface area contributed by atoms with Crippen LogP contribution in [0.15, 0.2) is 30.3 Å². The van der Waals surface area contributed by atoms with Crippen LogP contribution >= 0.6 is 0 Å². The highest BCUT2D eigenvalue weighted by molar-refractivity contribution is 5.99. The Kier molecular flexibility index (Phi) is 3.98. The molecule has 5 nitrogen and oxygen atoms in total. The number of likely N-dealkylation sites (N-methyl/N-ethyl adjacent to an activating group) is 1. The number of hydrogen-bond donors (Lipinski definition) is 2. The number of aromatic nitrogens is 1. The average Bonchev–Trinajstić information content (AvgIpc) is 3.32. The monoisotopic (exact) mass is 299 g/mol. The number of rotatable bonds is 4. The highest BCUT2D eigenvalue weighted by Gasteiger charge is 2.31. The van der Waals surface area contributed by atoms with Crippen molar-refractivity contribution in [2.75, 3.05) is 18.9 Å². The van der Waals surface area contributed by atoms with Gasteiger partial charge in [0.2, 0.25) is 0 Å². The van der Waals surface area contributed by atoms with Crippen molar-refractivity contribution in [2.24, 2.45) is 5.92 Å². The number of fused-ring (bicyclic) bond motifs is 1. The molecule has 0 aliphatic heterocycles. The highest BCUT2D eigenvalue weighted by atomic mass is 16.3. The van der Waals surface area contributed by atoms with Gasteiger partial charge in [-0.25, -0.2) is 4.79 Å². The van der Waals surface area contributed by atoms with E-state index in [0.29, 0.717) is 18.2 Å². The topological polar surface area (TPSA) is 65.5 Å². The van der Waals surface area contributed by atoms with Crippen molar-refractivity contribution in [3.8, 4) is 0 Å². The summed E-state index contributed by atoms with van der Waals surface area (Å²) in [5.74, 6) is 0.358. The van der Waals surface area contributed by atoms with Gasteiger partial charge in [-0.15, -0.1) is 0 Å². The van der Waals surface area contributed by atoms with Crippen molar-refractivity contribution in [2.45, 2.75) is 25.9 Å². The van der Waals surface area contributed by atoms with Gasteiger partial charge in [-0.1, -0.05) is 18.2 Å². The van der Waals surface area contributed by atoms with Crippen molar-refractivity contribution >= 4 is 22.6 Å². The smallest absolute Gasteiger partial charge is 0.321 e. The third kappa shape index (κ3) is 3.20. The summed E-state index contributed by atoms with van der Waals surface area (Å²) < 4.78 is 0. The van der Waals surface area contributed by atoms with Crippen molar-refractivity contribution < 1.29 is 9.90 Å². The number of carbonyl (C=O) groups excluding carboxylic acids is 1. The molecule has 3 rings (SSSR count). The van der Waals surface area contributed by atoms with Crippen LogP contribution in [-0.2, 0) is 0 Å². The van der Waals surface area contributed by atoms with Crippen molar-refractivity contribution in [1.29, 1.82) is 0 Å². The molecule has 1 unspecified atom stereocenters. The van der Waals surface area contributed by atoms with Crippen LogP contribution in [0.25, 0.3) is 10.9 Å². The number of nitrogens with zero attached hydrogens (tertiary/aromatic N) is 2. The van der Waals surface area contributed by atoms with E-state index in [0.717, 1.165) is 29.4 Å². The van der Waals surface area contributed by atoms with Gasteiger partial charge in [0.05, 0.1) is 17.3 Å². The minimum atomic E-state index is -0.427. The Balaban J connectivity index is 1.74. The SMILES string of the molecule is Cc1ccc2cccc(NC(=O)N(C)CC(O)C3CC3)c2n1. The van der Waals surface area contributed by atoms with Crippen molar-refractivity contribution in [3.63, 3.8) is 0 Å². The van der Waals surface area contributed by atoms with Gasteiger partial charge in [0, 0.05) is 24.7 Å². The Bertz CT molecular complexity index is 697. The first-order valence-corrected chi connectivity index (χ1v) is 7.61. The molecule has 0 spiro atoms. The normalized spacial score (nSPS) is 15.6. The largest absolute Gasteiger partial charge is 0.391 e. The number of amides is 2. The van der Waals surface area contributed by atoms with Gasteiger partial charge < -0.3 is 15.3 Å². The molecule has 2 aromatic rings. The van der Waals surface area contributed by atoms with Crippen molar-refractivity contribution in [3.05, 3.63) is 36.0 Å². The maximum Gasteiger partial charge on any atom is 0.321 e. The summed E-state index contributed by atoms with van der Waals surface area (Å²) >= 11 is 0. The fraction of sp³-hybridized carbons (Fsp3) is 0.412. The zero-order valence-electron chi connectivity index (χ0n) is 12.9. The molecule has 5 heteroatoms. The number of aliphatic hydroxyl groups is 1. The van der Waals surface area contributed by atoms with Crippen molar-refractivity contribution in [1.82, 2.24) is 9.88 Å². The number of carbonyl (C=O) groups is 1. The Labute approximate surface area is 130 Å². The summed E-state index contributed by atoms with van der Waals surface area (Å²) in [6.45, 7) is 2.28. The maximum atomic E-state index is 12.3. The lowest BCUT2D eigenvalue weighted by Crippen LogP contribution is -2.38. The first kappa shape index (κ1) is 14.8. The number of urea groups is 1. The molecule has 1 heterocycles.